The summed E-state index contributed by atoms with van der Waals surface area (Å²) in [6, 6.07) is 7.54. The summed E-state index contributed by atoms with van der Waals surface area (Å²) in [6.45, 7) is 10.1. The highest BCUT2D eigenvalue weighted by molar-refractivity contribution is 5.81. The SMILES string of the molecule is CC.Cc1ccc2c(C(C)C)cc(=O)oc2c1. The second kappa shape index (κ2) is 5.67. The molecule has 2 rings (SSSR count). The van der Waals surface area contributed by atoms with Crippen LogP contribution in [0.5, 0.6) is 0 Å². The normalized spacial score (nSPS) is 10.2. The quantitative estimate of drug-likeness (QED) is 0.688. The van der Waals surface area contributed by atoms with Crippen LogP contribution in [0, 0.1) is 6.92 Å². The molecular weight excluding hydrogens is 212 g/mol. The summed E-state index contributed by atoms with van der Waals surface area (Å²) in [4.78, 5) is 11.4. The first-order chi connectivity index (χ1) is 8.08. The zero-order chi connectivity index (χ0) is 13.0. The van der Waals surface area contributed by atoms with E-state index in [9.17, 15) is 4.79 Å². The van der Waals surface area contributed by atoms with E-state index in [0.29, 0.717) is 11.5 Å². The van der Waals surface area contributed by atoms with Gasteiger partial charge in [0.15, 0.2) is 0 Å². The Bertz CT molecular complexity index is 550. The van der Waals surface area contributed by atoms with Gasteiger partial charge in [-0.05, 0) is 30.0 Å². The lowest BCUT2D eigenvalue weighted by atomic mass is 9.99. The second-order valence-corrected chi connectivity index (χ2v) is 4.18. The van der Waals surface area contributed by atoms with E-state index < -0.39 is 0 Å². The van der Waals surface area contributed by atoms with Gasteiger partial charge in [-0.3, -0.25) is 0 Å². The van der Waals surface area contributed by atoms with Gasteiger partial charge < -0.3 is 4.42 Å². The first kappa shape index (κ1) is 13.5. The Hall–Kier alpha value is -1.57. The van der Waals surface area contributed by atoms with Gasteiger partial charge in [-0.2, -0.15) is 0 Å². The van der Waals surface area contributed by atoms with Crippen molar-refractivity contribution in [1.29, 1.82) is 0 Å². The maximum Gasteiger partial charge on any atom is 0.336 e. The Labute approximate surface area is 102 Å². The molecule has 0 atom stereocenters. The highest BCUT2D eigenvalue weighted by Crippen LogP contribution is 2.24. The van der Waals surface area contributed by atoms with Gasteiger partial charge in [0.2, 0.25) is 0 Å². The molecule has 1 aromatic carbocycles. The molecule has 0 amide bonds. The van der Waals surface area contributed by atoms with Crippen LogP contribution in [0.1, 0.15) is 44.7 Å². The number of hydrogen-bond acceptors (Lipinski definition) is 2. The van der Waals surface area contributed by atoms with Crippen molar-refractivity contribution >= 4 is 11.0 Å². The maximum absolute atomic E-state index is 11.4. The van der Waals surface area contributed by atoms with Gasteiger partial charge in [-0.15, -0.1) is 0 Å². The third-order valence-electron chi connectivity index (χ3n) is 2.55. The number of hydrogen-bond donors (Lipinski definition) is 0. The molecule has 0 aliphatic rings. The summed E-state index contributed by atoms with van der Waals surface area (Å²) in [5.41, 5.74) is 2.58. The Kier molecular flexibility index (Phi) is 4.50. The summed E-state index contributed by atoms with van der Waals surface area (Å²) in [5.74, 6) is 0.333. The molecule has 1 aromatic heterocycles. The van der Waals surface area contributed by atoms with Crippen LogP contribution in [0.3, 0.4) is 0 Å². The number of fused-ring (bicyclic) bond motifs is 1. The van der Waals surface area contributed by atoms with Crippen molar-refractivity contribution in [2.75, 3.05) is 0 Å². The fourth-order valence-electron chi connectivity index (χ4n) is 1.77. The van der Waals surface area contributed by atoms with E-state index in [2.05, 4.69) is 13.8 Å². The van der Waals surface area contributed by atoms with E-state index in [1.807, 2.05) is 39.0 Å². The molecule has 0 bridgehead atoms. The Morgan fingerprint density at radius 1 is 1.12 bits per heavy atom. The van der Waals surface area contributed by atoms with Crippen LogP contribution in [0.2, 0.25) is 0 Å². The van der Waals surface area contributed by atoms with E-state index in [4.69, 9.17) is 4.42 Å². The standard InChI is InChI=1S/C13H14O2.C2H6/c1-8(2)11-7-13(14)15-12-6-9(3)4-5-10(11)12;1-2/h4-8H,1-3H3;1-2H3. The van der Waals surface area contributed by atoms with Crippen LogP contribution in [0.15, 0.2) is 33.5 Å². The molecule has 0 saturated carbocycles. The van der Waals surface area contributed by atoms with Crippen LogP contribution in [0.25, 0.3) is 11.0 Å². The molecule has 0 unspecified atom stereocenters. The minimum atomic E-state index is -0.267. The highest BCUT2D eigenvalue weighted by Gasteiger charge is 2.08. The molecule has 0 radical (unpaired) electrons. The smallest absolute Gasteiger partial charge is 0.336 e. The third kappa shape index (κ3) is 2.96. The first-order valence-electron chi connectivity index (χ1n) is 6.12. The molecule has 2 aromatic rings. The van der Waals surface area contributed by atoms with Crippen molar-refractivity contribution in [2.24, 2.45) is 0 Å². The maximum atomic E-state index is 11.4. The zero-order valence-electron chi connectivity index (χ0n) is 11.2. The van der Waals surface area contributed by atoms with Gasteiger partial charge in [0, 0.05) is 11.5 Å². The summed E-state index contributed by atoms with van der Waals surface area (Å²) < 4.78 is 5.18. The molecule has 0 fully saturated rings. The lowest BCUT2D eigenvalue weighted by Crippen LogP contribution is -2.01. The molecule has 2 nitrogen and oxygen atoms in total. The summed E-state index contributed by atoms with van der Waals surface area (Å²) in [5, 5.41) is 1.04. The Morgan fingerprint density at radius 3 is 2.35 bits per heavy atom. The summed E-state index contributed by atoms with van der Waals surface area (Å²) in [6.07, 6.45) is 0. The lowest BCUT2D eigenvalue weighted by Gasteiger charge is -2.08. The van der Waals surface area contributed by atoms with Gasteiger partial charge in [-0.25, -0.2) is 4.79 Å². The average Bonchev–Trinajstić information content (AvgIpc) is 2.29. The minimum Gasteiger partial charge on any atom is -0.423 e. The van der Waals surface area contributed by atoms with E-state index in [1.54, 1.807) is 6.07 Å². The van der Waals surface area contributed by atoms with Crippen LogP contribution in [-0.4, -0.2) is 0 Å². The van der Waals surface area contributed by atoms with Crippen molar-refractivity contribution in [3.63, 3.8) is 0 Å². The van der Waals surface area contributed by atoms with E-state index in [1.165, 1.54) is 0 Å². The fraction of sp³-hybridized carbons (Fsp3) is 0.400. The Balaban J connectivity index is 0.000000686. The monoisotopic (exact) mass is 232 g/mol. The van der Waals surface area contributed by atoms with Crippen LogP contribution in [0.4, 0.5) is 0 Å². The molecule has 2 heteroatoms. The van der Waals surface area contributed by atoms with Crippen molar-refractivity contribution in [2.45, 2.75) is 40.5 Å². The topological polar surface area (TPSA) is 30.2 Å². The van der Waals surface area contributed by atoms with Gasteiger partial charge in [0.05, 0.1) is 0 Å². The van der Waals surface area contributed by atoms with Crippen molar-refractivity contribution in [3.05, 3.63) is 45.8 Å². The molecule has 0 aliphatic carbocycles. The third-order valence-corrected chi connectivity index (χ3v) is 2.55. The summed E-state index contributed by atoms with van der Waals surface area (Å²) in [7, 11) is 0. The largest absolute Gasteiger partial charge is 0.423 e. The minimum absolute atomic E-state index is 0.267. The number of rotatable bonds is 1. The predicted molar refractivity (Wildman–Crippen MR) is 72.7 cm³/mol. The fourth-order valence-corrected chi connectivity index (χ4v) is 1.77. The van der Waals surface area contributed by atoms with Crippen molar-refractivity contribution in [1.82, 2.24) is 0 Å². The summed E-state index contributed by atoms with van der Waals surface area (Å²) >= 11 is 0. The highest BCUT2D eigenvalue weighted by atomic mass is 16.4. The van der Waals surface area contributed by atoms with Gasteiger partial charge in [0.1, 0.15) is 5.58 Å². The lowest BCUT2D eigenvalue weighted by molar-refractivity contribution is 0.557. The zero-order valence-corrected chi connectivity index (χ0v) is 11.2. The molecule has 1 heterocycles. The van der Waals surface area contributed by atoms with E-state index in [0.717, 1.165) is 16.5 Å². The second-order valence-electron chi connectivity index (χ2n) is 4.18. The molecule has 0 spiro atoms. The van der Waals surface area contributed by atoms with E-state index in [-0.39, 0.29) is 5.63 Å². The van der Waals surface area contributed by atoms with E-state index >= 15 is 0 Å². The van der Waals surface area contributed by atoms with Crippen molar-refractivity contribution < 1.29 is 4.42 Å². The molecular formula is C15H20O2. The number of aryl methyl sites for hydroxylation is 1. The number of benzene rings is 1. The predicted octanol–water partition coefficient (Wildman–Crippen LogP) is 4.25. The van der Waals surface area contributed by atoms with Crippen LogP contribution < -0.4 is 5.63 Å². The van der Waals surface area contributed by atoms with Crippen LogP contribution in [-0.2, 0) is 0 Å². The van der Waals surface area contributed by atoms with Gasteiger partial charge >= 0.3 is 5.63 Å². The Morgan fingerprint density at radius 2 is 1.76 bits per heavy atom. The molecule has 0 aliphatic heterocycles. The van der Waals surface area contributed by atoms with Gasteiger partial charge in [-0.1, -0.05) is 39.8 Å². The average molecular weight is 232 g/mol. The molecule has 0 saturated heterocycles. The molecule has 92 valence electrons. The first-order valence-corrected chi connectivity index (χ1v) is 6.12. The van der Waals surface area contributed by atoms with Crippen molar-refractivity contribution in [3.8, 4) is 0 Å². The van der Waals surface area contributed by atoms with Crippen LogP contribution >= 0.6 is 0 Å². The molecule has 17 heavy (non-hydrogen) atoms. The van der Waals surface area contributed by atoms with Gasteiger partial charge in [0.25, 0.3) is 0 Å². The molecule has 0 N–H and O–H groups in total.